The lowest BCUT2D eigenvalue weighted by Gasteiger charge is -2.13. The van der Waals surface area contributed by atoms with Crippen LogP contribution >= 0.6 is 11.6 Å². The van der Waals surface area contributed by atoms with Crippen molar-refractivity contribution in [3.63, 3.8) is 0 Å². The molecule has 1 aliphatic rings. The van der Waals surface area contributed by atoms with Gasteiger partial charge in [0, 0.05) is 23.9 Å². The molecule has 1 aromatic rings. The molecule has 1 fully saturated rings. The molecule has 0 radical (unpaired) electrons. The highest BCUT2D eigenvalue weighted by atomic mass is 35.5. The zero-order chi connectivity index (χ0) is 11.7. The first-order valence-corrected chi connectivity index (χ1v) is 5.43. The standard InChI is InChI=1S/C10H13ClN2O3/c1-5-6(3-12-10(11)13-5)8-2-7(15)9(4-14)16-8/h3,7-9,14-15H,2,4H2,1H3/t7-,8+,9+/m0/s1. The number of rotatable bonds is 2. The van der Waals surface area contributed by atoms with Crippen LogP contribution in [0.15, 0.2) is 6.20 Å². The summed E-state index contributed by atoms with van der Waals surface area (Å²) in [7, 11) is 0. The van der Waals surface area contributed by atoms with E-state index in [1.807, 2.05) is 6.92 Å². The highest BCUT2D eigenvalue weighted by Crippen LogP contribution is 2.33. The van der Waals surface area contributed by atoms with Crippen molar-refractivity contribution < 1.29 is 14.9 Å². The Morgan fingerprint density at radius 2 is 2.38 bits per heavy atom. The van der Waals surface area contributed by atoms with Crippen LogP contribution in [0.3, 0.4) is 0 Å². The maximum Gasteiger partial charge on any atom is 0.222 e. The van der Waals surface area contributed by atoms with Crippen molar-refractivity contribution in [1.29, 1.82) is 0 Å². The van der Waals surface area contributed by atoms with Gasteiger partial charge < -0.3 is 14.9 Å². The Hall–Kier alpha value is -0.750. The summed E-state index contributed by atoms with van der Waals surface area (Å²) in [6.07, 6.45) is 0.591. The van der Waals surface area contributed by atoms with E-state index in [9.17, 15) is 5.11 Å². The second-order valence-corrected chi connectivity index (χ2v) is 4.17. The third kappa shape index (κ3) is 2.17. The fourth-order valence-corrected chi connectivity index (χ4v) is 2.03. The molecule has 5 nitrogen and oxygen atoms in total. The molecule has 2 rings (SSSR count). The minimum Gasteiger partial charge on any atom is -0.394 e. The maximum atomic E-state index is 9.61. The Kier molecular flexibility index (Phi) is 3.39. The fraction of sp³-hybridized carbons (Fsp3) is 0.600. The van der Waals surface area contributed by atoms with Crippen molar-refractivity contribution in [3.05, 3.63) is 22.7 Å². The lowest BCUT2D eigenvalue weighted by atomic mass is 10.1. The van der Waals surface area contributed by atoms with Gasteiger partial charge in [-0.05, 0) is 18.5 Å². The van der Waals surface area contributed by atoms with Crippen molar-refractivity contribution in [2.45, 2.75) is 31.7 Å². The van der Waals surface area contributed by atoms with Crippen LogP contribution in [0, 0.1) is 6.92 Å². The van der Waals surface area contributed by atoms with Crippen LogP contribution in [0.2, 0.25) is 5.28 Å². The monoisotopic (exact) mass is 244 g/mol. The normalized spacial score (nSPS) is 29.6. The van der Waals surface area contributed by atoms with Gasteiger partial charge in [-0.1, -0.05) is 0 Å². The Morgan fingerprint density at radius 1 is 1.62 bits per heavy atom. The van der Waals surface area contributed by atoms with Crippen molar-refractivity contribution >= 4 is 11.6 Å². The second kappa shape index (κ2) is 4.63. The topological polar surface area (TPSA) is 75.5 Å². The van der Waals surface area contributed by atoms with E-state index in [-0.39, 0.29) is 18.0 Å². The SMILES string of the molecule is Cc1nc(Cl)ncc1[C@H]1C[C@H](O)[C@@H](CO)O1. The molecule has 0 aromatic carbocycles. The molecule has 0 unspecified atom stereocenters. The molecule has 16 heavy (non-hydrogen) atoms. The third-order valence-electron chi connectivity index (χ3n) is 2.74. The van der Waals surface area contributed by atoms with Crippen LogP contribution in [0.5, 0.6) is 0 Å². The molecule has 2 heterocycles. The molecule has 1 aliphatic heterocycles. The van der Waals surface area contributed by atoms with Gasteiger partial charge in [0.2, 0.25) is 5.28 Å². The molecule has 1 saturated heterocycles. The van der Waals surface area contributed by atoms with Crippen molar-refractivity contribution in [3.8, 4) is 0 Å². The van der Waals surface area contributed by atoms with E-state index < -0.39 is 12.2 Å². The summed E-state index contributed by atoms with van der Waals surface area (Å²) in [4.78, 5) is 7.91. The largest absolute Gasteiger partial charge is 0.394 e. The van der Waals surface area contributed by atoms with Crippen LogP contribution < -0.4 is 0 Å². The van der Waals surface area contributed by atoms with Crippen LogP contribution in [-0.2, 0) is 4.74 Å². The first-order chi connectivity index (χ1) is 7.61. The molecule has 88 valence electrons. The van der Waals surface area contributed by atoms with Crippen molar-refractivity contribution in [2.75, 3.05) is 6.61 Å². The van der Waals surface area contributed by atoms with E-state index in [0.717, 1.165) is 11.3 Å². The first-order valence-electron chi connectivity index (χ1n) is 5.05. The van der Waals surface area contributed by atoms with E-state index in [1.54, 1.807) is 6.20 Å². The van der Waals surface area contributed by atoms with E-state index in [0.29, 0.717) is 6.42 Å². The highest BCUT2D eigenvalue weighted by molar-refractivity contribution is 6.28. The van der Waals surface area contributed by atoms with Gasteiger partial charge in [-0.3, -0.25) is 0 Å². The number of ether oxygens (including phenoxy) is 1. The summed E-state index contributed by atoms with van der Waals surface area (Å²) in [5, 5.41) is 18.8. The Labute approximate surface area is 98.1 Å². The Bertz CT molecular complexity index is 388. The summed E-state index contributed by atoms with van der Waals surface area (Å²) in [6.45, 7) is 1.62. The van der Waals surface area contributed by atoms with Gasteiger partial charge in [-0.2, -0.15) is 0 Å². The van der Waals surface area contributed by atoms with Gasteiger partial charge >= 0.3 is 0 Å². The van der Waals surface area contributed by atoms with Crippen molar-refractivity contribution in [2.24, 2.45) is 0 Å². The lowest BCUT2D eigenvalue weighted by Crippen LogP contribution is -2.24. The van der Waals surface area contributed by atoms with Crippen LogP contribution in [0.1, 0.15) is 23.8 Å². The van der Waals surface area contributed by atoms with E-state index in [2.05, 4.69) is 9.97 Å². The molecular weight excluding hydrogens is 232 g/mol. The van der Waals surface area contributed by atoms with Crippen LogP contribution in [0.25, 0.3) is 0 Å². The zero-order valence-electron chi connectivity index (χ0n) is 8.80. The second-order valence-electron chi connectivity index (χ2n) is 3.83. The van der Waals surface area contributed by atoms with Gasteiger partial charge in [0.05, 0.1) is 18.8 Å². The third-order valence-corrected chi connectivity index (χ3v) is 2.92. The zero-order valence-corrected chi connectivity index (χ0v) is 9.55. The average molecular weight is 245 g/mol. The van der Waals surface area contributed by atoms with Crippen LogP contribution in [0.4, 0.5) is 0 Å². The van der Waals surface area contributed by atoms with E-state index in [4.69, 9.17) is 21.4 Å². The number of hydrogen-bond acceptors (Lipinski definition) is 5. The minimum atomic E-state index is -0.648. The van der Waals surface area contributed by atoms with Gasteiger partial charge in [-0.15, -0.1) is 0 Å². The molecule has 0 saturated carbocycles. The summed E-state index contributed by atoms with van der Waals surface area (Å²) in [5.41, 5.74) is 1.54. The van der Waals surface area contributed by atoms with E-state index >= 15 is 0 Å². The number of halogens is 1. The lowest BCUT2D eigenvalue weighted by molar-refractivity contribution is -0.0228. The number of aromatic nitrogens is 2. The predicted molar refractivity (Wildman–Crippen MR) is 57.1 cm³/mol. The highest BCUT2D eigenvalue weighted by Gasteiger charge is 2.35. The Morgan fingerprint density at radius 3 is 2.94 bits per heavy atom. The van der Waals surface area contributed by atoms with Crippen molar-refractivity contribution in [1.82, 2.24) is 9.97 Å². The van der Waals surface area contributed by atoms with E-state index in [1.165, 1.54) is 0 Å². The predicted octanol–water partition coefficient (Wildman–Crippen LogP) is 0.622. The number of aliphatic hydroxyl groups is 2. The fourth-order valence-electron chi connectivity index (χ4n) is 1.86. The summed E-state index contributed by atoms with van der Waals surface area (Å²) < 4.78 is 5.51. The van der Waals surface area contributed by atoms with Gasteiger partial charge in [-0.25, -0.2) is 9.97 Å². The van der Waals surface area contributed by atoms with Crippen LogP contribution in [-0.4, -0.2) is 39.0 Å². The molecule has 6 heteroatoms. The summed E-state index contributed by atoms with van der Waals surface area (Å²) in [5.74, 6) is 0. The number of hydrogen-bond donors (Lipinski definition) is 2. The quantitative estimate of drug-likeness (QED) is 0.746. The first kappa shape index (κ1) is 11.7. The number of aryl methyl sites for hydroxylation is 1. The molecule has 3 atom stereocenters. The summed E-state index contributed by atoms with van der Waals surface area (Å²) in [6, 6.07) is 0. The molecule has 1 aromatic heterocycles. The molecule has 0 amide bonds. The van der Waals surface area contributed by atoms with Gasteiger partial charge in [0.15, 0.2) is 0 Å². The molecule has 0 spiro atoms. The smallest absolute Gasteiger partial charge is 0.222 e. The molecule has 2 N–H and O–H groups in total. The molecule has 0 bridgehead atoms. The average Bonchev–Trinajstić information content (AvgIpc) is 2.59. The van der Waals surface area contributed by atoms with Gasteiger partial charge in [0.1, 0.15) is 6.10 Å². The molecule has 0 aliphatic carbocycles. The molecular formula is C10H13ClN2O3. The number of aliphatic hydroxyl groups excluding tert-OH is 2. The minimum absolute atomic E-state index is 0.189. The summed E-state index contributed by atoms with van der Waals surface area (Å²) >= 11 is 5.66. The number of nitrogens with zero attached hydrogens (tertiary/aromatic N) is 2. The Balaban J connectivity index is 2.20. The maximum absolute atomic E-state index is 9.61. The van der Waals surface area contributed by atoms with Gasteiger partial charge in [0.25, 0.3) is 0 Å².